The highest BCUT2D eigenvalue weighted by Crippen LogP contribution is 2.20. The van der Waals surface area contributed by atoms with E-state index in [4.69, 9.17) is 0 Å². The molecule has 8 nitrogen and oxygen atoms in total. The number of anilines is 2. The van der Waals surface area contributed by atoms with Crippen molar-refractivity contribution in [3.05, 3.63) is 70.9 Å². The summed E-state index contributed by atoms with van der Waals surface area (Å²) in [5.41, 5.74) is 3.09. The van der Waals surface area contributed by atoms with Crippen LogP contribution in [0.3, 0.4) is 0 Å². The first kappa shape index (κ1) is 19.6. The molecule has 0 bridgehead atoms. The number of urea groups is 1. The minimum Gasteiger partial charge on any atom is -0.368 e. The van der Waals surface area contributed by atoms with Crippen LogP contribution in [0.4, 0.5) is 16.2 Å². The molecular weight excluding hydrogens is 380 g/mol. The minimum absolute atomic E-state index is 0.134. The smallest absolute Gasteiger partial charge is 0.321 e. The molecule has 0 aliphatic carbocycles. The van der Waals surface area contributed by atoms with Crippen LogP contribution in [0.5, 0.6) is 0 Å². The molecule has 30 heavy (non-hydrogen) atoms. The zero-order chi connectivity index (χ0) is 20.9. The predicted molar refractivity (Wildman–Crippen MR) is 117 cm³/mol. The van der Waals surface area contributed by atoms with Crippen LogP contribution in [0.1, 0.15) is 12.6 Å². The topological polar surface area (TPSA) is 94.2 Å². The third-order valence-electron chi connectivity index (χ3n) is 5.14. The molecule has 0 radical (unpaired) electrons. The van der Waals surface area contributed by atoms with Crippen molar-refractivity contribution in [1.29, 1.82) is 0 Å². The molecule has 0 saturated carbocycles. The number of amides is 2. The van der Waals surface area contributed by atoms with E-state index in [1.54, 1.807) is 12.4 Å². The molecule has 3 aromatic rings. The van der Waals surface area contributed by atoms with Crippen LogP contribution in [0.15, 0.2) is 59.7 Å². The third-order valence-corrected chi connectivity index (χ3v) is 5.14. The summed E-state index contributed by atoms with van der Waals surface area (Å²) >= 11 is 0. The van der Waals surface area contributed by atoms with Crippen LogP contribution in [-0.2, 0) is 6.42 Å². The number of carbonyl (C=O) groups excluding carboxylic acids is 1. The number of nitrogens with one attached hydrogen (secondary N) is 2. The number of piperazine rings is 1. The van der Waals surface area contributed by atoms with E-state index in [2.05, 4.69) is 25.2 Å². The Labute approximate surface area is 174 Å². The molecule has 1 aromatic carbocycles. The Morgan fingerprint density at radius 3 is 2.60 bits per heavy atom. The maximum atomic E-state index is 12.7. The Hall–Kier alpha value is -3.68. The second-order valence-electron chi connectivity index (χ2n) is 7.13. The zero-order valence-corrected chi connectivity index (χ0v) is 16.8. The largest absolute Gasteiger partial charge is 0.368 e. The molecule has 8 heteroatoms. The van der Waals surface area contributed by atoms with Crippen molar-refractivity contribution in [3.63, 3.8) is 0 Å². The number of nitrogens with zero attached hydrogens (tertiary/aromatic N) is 4. The number of rotatable bonds is 4. The van der Waals surface area contributed by atoms with Gasteiger partial charge in [0.05, 0.1) is 0 Å². The standard InChI is InChI=1S/C22H24N6O2/c1-2-17-15-20(29)26-21(24-17)16-4-3-5-18(14-16)25-22(30)28-12-10-27(11-13-28)19-6-8-23-9-7-19/h3-9,14-15H,2,10-13H2,1H3,(H,25,30)(H,24,26,29). The van der Waals surface area contributed by atoms with Crippen molar-refractivity contribution in [1.82, 2.24) is 19.9 Å². The molecule has 1 aliphatic rings. The minimum atomic E-state index is -0.182. The Morgan fingerprint density at radius 2 is 1.87 bits per heavy atom. The normalized spacial score (nSPS) is 13.9. The number of carbonyl (C=O) groups is 1. The van der Waals surface area contributed by atoms with Crippen LogP contribution >= 0.6 is 0 Å². The van der Waals surface area contributed by atoms with Crippen LogP contribution in [0, 0.1) is 0 Å². The number of hydrogen-bond donors (Lipinski definition) is 2. The van der Waals surface area contributed by atoms with E-state index in [1.165, 1.54) is 6.07 Å². The van der Waals surface area contributed by atoms with E-state index in [0.29, 0.717) is 31.0 Å². The Bertz CT molecular complexity index is 1070. The van der Waals surface area contributed by atoms with Gasteiger partial charge in [0.2, 0.25) is 0 Å². The summed E-state index contributed by atoms with van der Waals surface area (Å²) < 4.78 is 0. The van der Waals surface area contributed by atoms with Gasteiger partial charge in [-0.05, 0) is 30.7 Å². The Balaban J connectivity index is 1.41. The molecule has 154 valence electrons. The summed E-state index contributed by atoms with van der Waals surface area (Å²) in [5.74, 6) is 0.501. The highest BCUT2D eigenvalue weighted by Gasteiger charge is 2.21. The summed E-state index contributed by atoms with van der Waals surface area (Å²) in [7, 11) is 0. The van der Waals surface area contributed by atoms with Gasteiger partial charge in [-0.2, -0.15) is 0 Å². The summed E-state index contributed by atoms with van der Waals surface area (Å²) in [6.45, 7) is 4.78. The number of aromatic amines is 1. The molecule has 2 N–H and O–H groups in total. The molecular formula is C22H24N6O2. The van der Waals surface area contributed by atoms with E-state index < -0.39 is 0 Å². The molecule has 0 unspecified atom stereocenters. The maximum absolute atomic E-state index is 12.7. The van der Waals surface area contributed by atoms with E-state index >= 15 is 0 Å². The lowest BCUT2D eigenvalue weighted by Crippen LogP contribution is -2.50. The van der Waals surface area contributed by atoms with E-state index in [9.17, 15) is 9.59 Å². The molecule has 1 fully saturated rings. The number of benzene rings is 1. The first-order valence-electron chi connectivity index (χ1n) is 10.0. The van der Waals surface area contributed by atoms with Crippen LogP contribution in [-0.4, -0.2) is 52.1 Å². The van der Waals surface area contributed by atoms with Crippen LogP contribution < -0.4 is 15.8 Å². The predicted octanol–water partition coefficient (Wildman–Crippen LogP) is 2.75. The highest BCUT2D eigenvalue weighted by molar-refractivity contribution is 5.90. The first-order chi connectivity index (χ1) is 14.6. The van der Waals surface area contributed by atoms with Crippen LogP contribution in [0.2, 0.25) is 0 Å². The SMILES string of the molecule is CCc1cc(=O)[nH]c(-c2cccc(NC(=O)N3CCN(c4ccncc4)CC3)c2)n1. The molecule has 1 saturated heterocycles. The molecule has 0 atom stereocenters. The average Bonchev–Trinajstić information content (AvgIpc) is 2.79. The number of H-pyrrole nitrogens is 1. The van der Waals surface area contributed by atoms with Crippen molar-refractivity contribution < 1.29 is 4.79 Å². The quantitative estimate of drug-likeness (QED) is 0.697. The number of hydrogen-bond acceptors (Lipinski definition) is 5. The van der Waals surface area contributed by atoms with Crippen molar-refractivity contribution in [2.45, 2.75) is 13.3 Å². The first-order valence-corrected chi connectivity index (χ1v) is 10.0. The van der Waals surface area contributed by atoms with Gasteiger partial charge in [0, 0.05) is 67.3 Å². The number of aryl methyl sites for hydroxylation is 1. The third kappa shape index (κ3) is 4.48. The van der Waals surface area contributed by atoms with Gasteiger partial charge in [0.1, 0.15) is 5.82 Å². The van der Waals surface area contributed by atoms with Gasteiger partial charge in [-0.25, -0.2) is 9.78 Å². The highest BCUT2D eigenvalue weighted by atomic mass is 16.2. The van der Waals surface area contributed by atoms with Crippen molar-refractivity contribution in [2.75, 3.05) is 36.4 Å². The fourth-order valence-corrected chi connectivity index (χ4v) is 3.50. The van der Waals surface area contributed by atoms with Gasteiger partial charge in [-0.3, -0.25) is 9.78 Å². The van der Waals surface area contributed by atoms with E-state index in [0.717, 1.165) is 30.0 Å². The van der Waals surface area contributed by atoms with Crippen molar-refractivity contribution in [3.8, 4) is 11.4 Å². The van der Waals surface area contributed by atoms with E-state index in [1.807, 2.05) is 48.2 Å². The molecule has 3 heterocycles. The van der Waals surface area contributed by atoms with Gasteiger partial charge >= 0.3 is 6.03 Å². The van der Waals surface area contributed by atoms with Gasteiger partial charge in [-0.15, -0.1) is 0 Å². The molecule has 0 spiro atoms. The Morgan fingerprint density at radius 1 is 1.10 bits per heavy atom. The van der Waals surface area contributed by atoms with Crippen molar-refractivity contribution in [2.24, 2.45) is 0 Å². The number of aromatic nitrogens is 3. The summed E-state index contributed by atoms with van der Waals surface area (Å²) in [4.78, 5) is 39.9. The fraction of sp³-hybridized carbons (Fsp3) is 0.273. The number of pyridine rings is 1. The second-order valence-corrected chi connectivity index (χ2v) is 7.13. The maximum Gasteiger partial charge on any atom is 0.321 e. The monoisotopic (exact) mass is 404 g/mol. The lowest BCUT2D eigenvalue weighted by molar-refractivity contribution is 0.208. The van der Waals surface area contributed by atoms with Crippen LogP contribution in [0.25, 0.3) is 11.4 Å². The molecule has 2 aromatic heterocycles. The van der Waals surface area contributed by atoms with Gasteiger partial charge < -0.3 is 20.1 Å². The summed E-state index contributed by atoms with van der Waals surface area (Å²) in [6, 6.07) is 12.7. The molecule has 4 rings (SSSR count). The lowest BCUT2D eigenvalue weighted by Gasteiger charge is -2.36. The zero-order valence-electron chi connectivity index (χ0n) is 16.8. The molecule has 2 amide bonds. The lowest BCUT2D eigenvalue weighted by atomic mass is 10.2. The Kier molecular flexibility index (Phi) is 5.74. The second kappa shape index (κ2) is 8.77. The summed E-state index contributed by atoms with van der Waals surface area (Å²) in [5, 5.41) is 2.96. The van der Waals surface area contributed by atoms with Gasteiger partial charge in [0.25, 0.3) is 5.56 Å². The fourth-order valence-electron chi connectivity index (χ4n) is 3.50. The van der Waals surface area contributed by atoms with Gasteiger partial charge in [-0.1, -0.05) is 19.1 Å². The van der Waals surface area contributed by atoms with Gasteiger partial charge in [0.15, 0.2) is 0 Å². The van der Waals surface area contributed by atoms with E-state index in [-0.39, 0.29) is 11.6 Å². The average molecular weight is 404 g/mol. The summed E-state index contributed by atoms with van der Waals surface area (Å²) in [6.07, 6.45) is 4.23. The van der Waals surface area contributed by atoms with Crippen molar-refractivity contribution >= 4 is 17.4 Å². The molecule has 1 aliphatic heterocycles.